The quantitative estimate of drug-likeness (QED) is 0.544. The molecular weight excluding hydrogens is 350 g/mol. The highest BCUT2D eigenvalue weighted by Crippen LogP contribution is 2.33. The first-order valence-corrected chi connectivity index (χ1v) is 9.18. The molecule has 0 unspecified atom stereocenters. The van der Waals surface area contributed by atoms with Gasteiger partial charge in [-0.1, -0.05) is 18.2 Å². The molecule has 4 aromatic rings. The lowest BCUT2D eigenvalue weighted by molar-refractivity contribution is 0.0728. The van der Waals surface area contributed by atoms with E-state index in [1.807, 2.05) is 59.4 Å². The monoisotopic (exact) mass is 369 g/mol. The van der Waals surface area contributed by atoms with E-state index in [0.29, 0.717) is 18.7 Å². The minimum atomic E-state index is -0.00476. The van der Waals surface area contributed by atoms with Gasteiger partial charge < -0.3 is 9.47 Å². The Morgan fingerprint density at radius 2 is 1.79 bits per heavy atom. The Bertz CT molecular complexity index is 1140. The second kappa shape index (κ2) is 6.49. The van der Waals surface area contributed by atoms with Gasteiger partial charge in [0.1, 0.15) is 0 Å². The van der Waals surface area contributed by atoms with Crippen molar-refractivity contribution in [3.05, 3.63) is 90.1 Å². The summed E-state index contributed by atoms with van der Waals surface area (Å²) in [7, 11) is 2.01. The largest absolute Gasteiger partial charge is 0.352 e. The van der Waals surface area contributed by atoms with Gasteiger partial charge in [0.25, 0.3) is 5.91 Å². The van der Waals surface area contributed by atoms with E-state index in [0.717, 1.165) is 28.2 Å². The van der Waals surface area contributed by atoms with Crippen LogP contribution in [-0.4, -0.2) is 30.1 Å². The molecule has 6 nitrogen and oxygen atoms in total. The lowest BCUT2D eigenvalue weighted by Gasteiger charge is -2.21. The molecule has 0 fully saturated rings. The molecule has 3 aromatic heterocycles. The summed E-state index contributed by atoms with van der Waals surface area (Å²) in [5.74, 6) is -0.00476. The van der Waals surface area contributed by atoms with Crippen LogP contribution in [-0.2, 0) is 20.1 Å². The third-order valence-corrected chi connectivity index (χ3v) is 5.18. The topological polar surface area (TPSA) is 56.0 Å². The summed E-state index contributed by atoms with van der Waals surface area (Å²) in [4.78, 5) is 19.0. The molecule has 0 N–H and O–H groups in total. The molecule has 1 aliphatic rings. The molecule has 0 bridgehead atoms. The van der Waals surface area contributed by atoms with Crippen molar-refractivity contribution < 1.29 is 4.79 Å². The zero-order valence-electron chi connectivity index (χ0n) is 15.5. The minimum absolute atomic E-state index is 0.00476. The maximum absolute atomic E-state index is 13.1. The fourth-order valence-corrected chi connectivity index (χ4v) is 3.70. The van der Waals surface area contributed by atoms with Gasteiger partial charge in [-0.3, -0.25) is 9.78 Å². The Balaban J connectivity index is 1.61. The number of amides is 1. The molecule has 4 heterocycles. The molecule has 6 heteroatoms. The van der Waals surface area contributed by atoms with Gasteiger partial charge in [0.05, 0.1) is 24.5 Å². The van der Waals surface area contributed by atoms with Crippen LogP contribution in [0.3, 0.4) is 0 Å². The summed E-state index contributed by atoms with van der Waals surface area (Å²) in [6.07, 6.45) is 7.35. The number of carbonyl (C=O) groups is 1. The predicted octanol–water partition coefficient (Wildman–Crippen LogP) is 3.43. The van der Waals surface area contributed by atoms with Crippen molar-refractivity contribution in [2.75, 3.05) is 0 Å². The molecule has 1 aliphatic heterocycles. The second-order valence-corrected chi connectivity index (χ2v) is 6.97. The second-order valence-electron chi connectivity index (χ2n) is 6.97. The van der Waals surface area contributed by atoms with Crippen molar-refractivity contribution in [3.8, 4) is 16.9 Å². The van der Waals surface area contributed by atoms with Crippen molar-refractivity contribution in [2.24, 2.45) is 7.05 Å². The molecule has 0 atom stereocenters. The van der Waals surface area contributed by atoms with Crippen molar-refractivity contribution in [1.82, 2.24) is 24.2 Å². The first-order valence-electron chi connectivity index (χ1n) is 9.18. The average molecular weight is 369 g/mol. The Morgan fingerprint density at radius 1 is 1.00 bits per heavy atom. The Morgan fingerprint density at radius 3 is 2.57 bits per heavy atom. The van der Waals surface area contributed by atoms with Crippen LogP contribution >= 0.6 is 0 Å². The smallest absolute Gasteiger partial charge is 0.254 e. The first-order chi connectivity index (χ1) is 13.7. The number of fused-ring (bicyclic) bond motifs is 3. The summed E-state index contributed by atoms with van der Waals surface area (Å²) in [5, 5.41) is 4.86. The fourth-order valence-electron chi connectivity index (χ4n) is 3.70. The summed E-state index contributed by atoms with van der Waals surface area (Å²) >= 11 is 0. The van der Waals surface area contributed by atoms with Crippen LogP contribution < -0.4 is 0 Å². The lowest BCUT2D eigenvalue weighted by atomic mass is 10.1. The van der Waals surface area contributed by atoms with Crippen molar-refractivity contribution in [3.63, 3.8) is 0 Å². The lowest BCUT2D eigenvalue weighted by Crippen LogP contribution is -2.30. The number of nitrogens with zero attached hydrogens (tertiary/aromatic N) is 5. The SMILES string of the molecule is Cn1ccc2c1CN(C(=O)c1ccncc1)Cc1cn(-c3ccccc3)nc1-2. The van der Waals surface area contributed by atoms with Crippen molar-refractivity contribution in [2.45, 2.75) is 13.1 Å². The molecule has 0 saturated carbocycles. The van der Waals surface area contributed by atoms with Gasteiger partial charge in [0, 0.05) is 54.2 Å². The zero-order valence-corrected chi connectivity index (χ0v) is 15.5. The van der Waals surface area contributed by atoms with Crippen LogP contribution in [0.2, 0.25) is 0 Å². The molecule has 1 amide bonds. The molecule has 0 radical (unpaired) electrons. The van der Waals surface area contributed by atoms with Gasteiger partial charge in [-0.15, -0.1) is 0 Å². The molecule has 0 saturated heterocycles. The Hall–Kier alpha value is -3.67. The summed E-state index contributed by atoms with van der Waals surface area (Å²) < 4.78 is 3.96. The number of carbonyl (C=O) groups excluding carboxylic acids is 1. The summed E-state index contributed by atoms with van der Waals surface area (Å²) in [6.45, 7) is 1.06. The third kappa shape index (κ3) is 2.70. The molecular formula is C22H19N5O. The maximum Gasteiger partial charge on any atom is 0.254 e. The minimum Gasteiger partial charge on any atom is -0.352 e. The highest BCUT2D eigenvalue weighted by Gasteiger charge is 2.27. The number of pyridine rings is 1. The number of benzene rings is 1. The highest BCUT2D eigenvalue weighted by atomic mass is 16.2. The van der Waals surface area contributed by atoms with Gasteiger partial charge in [-0.2, -0.15) is 5.10 Å². The maximum atomic E-state index is 13.1. The Kier molecular flexibility index (Phi) is 3.83. The van der Waals surface area contributed by atoms with Gasteiger partial charge in [-0.05, 0) is 30.3 Å². The predicted molar refractivity (Wildman–Crippen MR) is 106 cm³/mol. The molecule has 0 spiro atoms. The van der Waals surface area contributed by atoms with Gasteiger partial charge >= 0.3 is 0 Å². The number of rotatable bonds is 2. The van der Waals surface area contributed by atoms with Gasteiger partial charge in [0.15, 0.2) is 0 Å². The van der Waals surface area contributed by atoms with Crippen LogP contribution in [0.1, 0.15) is 21.6 Å². The standard InChI is InChI=1S/C22H19N5O/c1-25-12-9-19-20(25)15-26(22(28)16-7-10-23-11-8-16)13-17-14-27(24-21(17)19)18-5-3-2-4-6-18/h2-12,14H,13,15H2,1H3. The van der Waals surface area contributed by atoms with Crippen LogP contribution in [0, 0.1) is 0 Å². The number of aromatic nitrogens is 4. The molecule has 28 heavy (non-hydrogen) atoms. The number of aryl methyl sites for hydroxylation is 1. The fraction of sp³-hybridized carbons (Fsp3) is 0.136. The van der Waals surface area contributed by atoms with Crippen LogP contribution in [0.25, 0.3) is 16.9 Å². The number of hydrogen-bond donors (Lipinski definition) is 0. The van der Waals surface area contributed by atoms with Crippen molar-refractivity contribution in [1.29, 1.82) is 0 Å². The number of para-hydroxylation sites is 1. The van der Waals surface area contributed by atoms with Crippen LogP contribution in [0.5, 0.6) is 0 Å². The van der Waals surface area contributed by atoms with Crippen LogP contribution in [0.15, 0.2) is 73.3 Å². The van der Waals surface area contributed by atoms with E-state index in [1.54, 1.807) is 24.5 Å². The van der Waals surface area contributed by atoms with Gasteiger partial charge in [-0.25, -0.2) is 4.68 Å². The summed E-state index contributed by atoms with van der Waals surface area (Å²) in [6, 6.07) is 15.6. The van der Waals surface area contributed by atoms with E-state index >= 15 is 0 Å². The normalized spacial score (nSPS) is 13.0. The summed E-state index contributed by atoms with van der Waals surface area (Å²) in [5.41, 5.74) is 5.78. The van der Waals surface area contributed by atoms with E-state index in [-0.39, 0.29) is 5.91 Å². The molecule has 138 valence electrons. The van der Waals surface area contributed by atoms with E-state index < -0.39 is 0 Å². The van der Waals surface area contributed by atoms with E-state index in [4.69, 9.17) is 5.10 Å². The van der Waals surface area contributed by atoms with E-state index in [1.165, 1.54) is 0 Å². The molecule has 0 aliphatic carbocycles. The number of hydrogen-bond acceptors (Lipinski definition) is 3. The van der Waals surface area contributed by atoms with Crippen LogP contribution in [0.4, 0.5) is 0 Å². The first kappa shape index (κ1) is 16.5. The Labute approximate surface area is 162 Å². The zero-order chi connectivity index (χ0) is 19.1. The molecule has 5 rings (SSSR count). The van der Waals surface area contributed by atoms with E-state index in [9.17, 15) is 4.79 Å². The molecule has 1 aromatic carbocycles. The third-order valence-electron chi connectivity index (χ3n) is 5.18. The van der Waals surface area contributed by atoms with Gasteiger partial charge in [0.2, 0.25) is 0 Å². The highest BCUT2D eigenvalue weighted by molar-refractivity contribution is 5.94. The van der Waals surface area contributed by atoms with E-state index in [2.05, 4.69) is 15.6 Å². The average Bonchev–Trinajstić information content (AvgIpc) is 3.28. The van der Waals surface area contributed by atoms with Crippen molar-refractivity contribution >= 4 is 5.91 Å².